The molecule has 0 atom stereocenters. The third-order valence-corrected chi connectivity index (χ3v) is 8.27. The van der Waals surface area contributed by atoms with Crippen LogP contribution in [0, 0.1) is 0 Å². The molecule has 6 rings (SSSR count). The second-order valence-electron chi connectivity index (χ2n) is 9.65. The molecule has 9 heteroatoms. The van der Waals surface area contributed by atoms with Crippen molar-refractivity contribution in [2.24, 2.45) is 0 Å². The summed E-state index contributed by atoms with van der Waals surface area (Å²) >= 11 is 1.41. The number of likely N-dealkylation sites (N-methyl/N-ethyl adjacent to an activating group) is 1. The Kier molecular flexibility index (Phi) is 5.87. The van der Waals surface area contributed by atoms with Gasteiger partial charge in [0.25, 0.3) is 6.43 Å². The number of aromatic nitrogens is 3. The van der Waals surface area contributed by atoms with Gasteiger partial charge in [-0.3, -0.25) is 9.67 Å². The standard InChI is InChI=1S/C25H30F2N6S/c1-31-10-6-21-20(14-31)25(30-33(21)17-4-7-28-8-5-17)32-9-2-3-16-11-18(23-13-29-15-34-23)19(24(26)27)12-22(16)32/h11-13,15,17,24,28H,2-10,14H2,1H3. The number of fused-ring (bicyclic) bond motifs is 2. The minimum absolute atomic E-state index is 0.0821. The fourth-order valence-corrected chi connectivity index (χ4v) is 6.41. The molecule has 3 aliphatic rings. The normalized spacial score (nSPS) is 19.5. The number of rotatable bonds is 4. The maximum atomic E-state index is 14.2. The number of aryl methyl sites for hydroxylation is 1. The molecule has 6 nitrogen and oxygen atoms in total. The zero-order chi connectivity index (χ0) is 23.2. The number of thiazole rings is 1. The van der Waals surface area contributed by atoms with Crippen LogP contribution in [0.3, 0.4) is 0 Å². The van der Waals surface area contributed by atoms with Crippen LogP contribution < -0.4 is 10.2 Å². The predicted octanol–water partition coefficient (Wildman–Crippen LogP) is 4.94. The van der Waals surface area contributed by atoms with Gasteiger partial charge in [-0.25, -0.2) is 8.78 Å². The number of piperidine rings is 1. The first-order chi connectivity index (χ1) is 16.6. The zero-order valence-electron chi connectivity index (χ0n) is 19.4. The van der Waals surface area contributed by atoms with Gasteiger partial charge in [-0.2, -0.15) is 5.10 Å². The van der Waals surface area contributed by atoms with Gasteiger partial charge >= 0.3 is 0 Å². The van der Waals surface area contributed by atoms with Crippen LogP contribution in [0.4, 0.5) is 20.3 Å². The number of benzene rings is 1. The van der Waals surface area contributed by atoms with Gasteiger partial charge in [0.15, 0.2) is 5.82 Å². The molecule has 1 fully saturated rings. The summed E-state index contributed by atoms with van der Waals surface area (Å²) in [6, 6.07) is 4.09. The summed E-state index contributed by atoms with van der Waals surface area (Å²) in [5, 5.41) is 8.67. The van der Waals surface area contributed by atoms with Gasteiger partial charge in [0.1, 0.15) is 0 Å². The number of anilines is 2. The van der Waals surface area contributed by atoms with E-state index in [1.165, 1.54) is 22.6 Å². The van der Waals surface area contributed by atoms with E-state index in [1.807, 2.05) is 6.07 Å². The molecule has 0 unspecified atom stereocenters. The van der Waals surface area contributed by atoms with Crippen molar-refractivity contribution in [3.63, 3.8) is 0 Å². The summed E-state index contributed by atoms with van der Waals surface area (Å²) in [7, 11) is 2.15. The van der Waals surface area contributed by atoms with Crippen LogP contribution in [0.25, 0.3) is 10.4 Å². The average Bonchev–Trinajstić information content (AvgIpc) is 3.52. The molecule has 2 aromatic heterocycles. The summed E-state index contributed by atoms with van der Waals surface area (Å²) in [4.78, 5) is 9.47. The lowest BCUT2D eigenvalue weighted by Crippen LogP contribution is -2.32. The molecule has 0 aliphatic carbocycles. The molecular formula is C25H30F2N6S. The highest BCUT2D eigenvalue weighted by Gasteiger charge is 2.32. The van der Waals surface area contributed by atoms with Gasteiger partial charge in [0.05, 0.1) is 16.4 Å². The second kappa shape index (κ2) is 9.02. The maximum absolute atomic E-state index is 14.2. The molecule has 5 heterocycles. The fraction of sp³-hybridized carbons (Fsp3) is 0.520. The fourth-order valence-electron chi connectivity index (χ4n) is 5.74. The van der Waals surface area contributed by atoms with Gasteiger partial charge in [-0.15, -0.1) is 11.3 Å². The minimum atomic E-state index is -2.54. The average molecular weight is 485 g/mol. The molecule has 1 N–H and O–H groups in total. The molecule has 0 amide bonds. The lowest BCUT2D eigenvalue weighted by atomic mass is 9.94. The van der Waals surface area contributed by atoms with Crippen molar-refractivity contribution in [3.8, 4) is 10.4 Å². The molecule has 0 radical (unpaired) electrons. The zero-order valence-corrected chi connectivity index (χ0v) is 20.3. The number of nitrogens with one attached hydrogen (secondary N) is 1. The largest absolute Gasteiger partial charge is 0.324 e. The van der Waals surface area contributed by atoms with E-state index in [2.05, 4.69) is 31.8 Å². The van der Waals surface area contributed by atoms with Crippen molar-refractivity contribution in [3.05, 3.63) is 46.2 Å². The molecule has 1 aromatic carbocycles. The molecular weight excluding hydrogens is 454 g/mol. The Bertz CT molecular complexity index is 1170. The van der Waals surface area contributed by atoms with Crippen LogP contribution in [0.1, 0.15) is 54.1 Å². The van der Waals surface area contributed by atoms with Crippen LogP contribution in [0.15, 0.2) is 23.8 Å². The predicted molar refractivity (Wildman–Crippen MR) is 131 cm³/mol. The summed E-state index contributed by atoms with van der Waals surface area (Å²) in [5.74, 6) is 0.965. The van der Waals surface area contributed by atoms with Crippen LogP contribution in [-0.2, 0) is 19.4 Å². The van der Waals surface area contributed by atoms with Crippen molar-refractivity contribution in [2.75, 3.05) is 38.1 Å². The van der Waals surface area contributed by atoms with E-state index in [-0.39, 0.29) is 5.56 Å². The Hall–Kier alpha value is -2.36. The van der Waals surface area contributed by atoms with E-state index in [0.29, 0.717) is 11.6 Å². The number of hydrogen-bond acceptors (Lipinski definition) is 6. The lowest BCUT2D eigenvalue weighted by Gasteiger charge is -2.32. The summed E-state index contributed by atoms with van der Waals surface area (Å²) in [5.41, 5.74) is 7.01. The molecule has 1 saturated heterocycles. The molecule has 34 heavy (non-hydrogen) atoms. The first-order valence-corrected chi connectivity index (χ1v) is 13.1. The maximum Gasteiger partial charge on any atom is 0.264 e. The highest BCUT2D eigenvalue weighted by atomic mass is 32.1. The molecule has 180 valence electrons. The third kappa shape index (κ3) is 3.83. The van der Waals surface area contributed by atoms with Crippen molar-refractivity contribution in [1.82, 2.24) is 25.0 Å². The molecule has 0 saturated carbocycles. The van der Waals surface area contributed by atoms with E-state index in [4.69, 9.17) is 5.10 Å². The number of nitrogens with zero attached hydrogens (tertiary/aromatic N) is 5. The monoisotopic (exact) mass is 484 g/mol. The van der Waals surface area contributed by atoms with Gasteiger partial charge in [-0.1, -0.05) is 0 Å². The van der Waals surface area contributed by atoms with E-state index in [0.717, 1.165) is 86.8 Å². The highest BCUT2D eigenvalue weighted by molar-refractivity contribution is 7.13. The Morgan fingerprint density at radius 2 is 2.00 bits per heavy atom. The van der Waals surface area contributed by atoms with Crippen molar-refractivity contribution in [1.29, 1.82) is 0 Å². The van der Waals surface area contributed by atoms with Gasteiger partial charge < -0.3 is 15.1 Å². The third-order valence-electron chi connectivity index (χ3n) is 7.47. The number of hydrogen-bond donors (Lipinski definition) is 1. The van der Waals surface area contributed by atoms with Gasteiger partial charge in [0.2, 0.25) is 0 Å². The van der Waals surface area contributed by atoms with E-state index in [1.54, 1.807) is 17.8 Å². The number of alkyl halides is 2. The molecule has 3 aromatic rings. The minimum Gasteiger partial charge on any atom is -0.324 e. The van der Waals surface area contributed by atoms with Crippen LogP contribution in [-0.4, -0.2) is 52.9 Å². The quantitative estimate of drug-likeness (QED) is 0.569. The Morgan fingerprint density at radius 3 is 2.76 bits per heavy atom. The molecule has 0 spiro atoms. The van der Waals surface area contributed by atoms with Crippen molar-refractivity contribution < 1.29 is 8.78 Å². The first kappa shape index (κ1) is 22.1. The molecule has 0 bridgehead atoms. The second-order valence-corrected chi connectivity index (χ2v) is 10.5. The van der Waals surface area contributed by atoms with E-state index >= 15 is 0 Å². The lowest BCUT2D eigenvalue weighted by molar-refractivity contribution is 0.152. The molecule has 3 aliphatic heterocycles. The van der Waals surface area contributed by atoms with Gasteiger partial charge in [-0.05, 0) is 63.5 Å². The van der Waals surface area contributed by atoms with Gasteiger partial charge in [0, 0.05) is 60.3 Å². The Balaban J connectivity index is 1.47. The number of halogens is 2. The SMILES string of the molecule is CN1CCc2c(c(N3CCCc4cc(-c5cncs5)c(C(F)F)cc43)nn2C2CCNCC2)C1. The summed E-state index contributed by atoms with van der Waals surface area (Å²) in [6.07, 6.45) is 4.15. The highest BCUT2D eigenvalue weighted by Crippen LogP contribution is 2.43. The summed E-state index contributed by atoms with van der Waals surface area (Å²) in [6.45, 7) is 4.70. The summed E-state index contributed by atoms with van der Waals surface area (Å²) < 4.78 is 30.7. The van der Waals surface area contributed by atoms with Crippen molar-refractivity contribution in [2.45, 2.75) is 51.1 Å². The van der Waals surface area contributed by atoms with Crippen LogP contribution >= 0.6 is 11.3 Å². The van der Waals surface area contributed by atoms with Crippen LogP contribution in [0.2, 0.25) is 0 Å². The van der Waals surface area contributed by atoms with Crippen LogP contribution in [0.5, 0.6) is 0 Å². The topological polar surface area (TPSA) is 49.2 Å². The smallest absolute Gasteiger partial charge is 0.264 e. The Labute approximate surface area is 202 Å². The van der Waals surface area contributed by atoms with Crippen molar-refractivity contribution >= 4 is 22.8 Å². The Morgan fingerprint density at radius 1 is 1.15 bits per heavy atom. The van der Waals surface area contributed by atoms with E-state index < -0.39 is 6.43 Å². The first-order valence-electron chi connectivity index (χ1n) is 12.2. The van der Waals surface area contributed by atoms with E-state index in [9.17, 15) is 8.78 Å².